The van der Waals surface area contributed by atoms with Crippen molar-refractivity contribution in [2.45, 2.75) is 6.04 Å². The molecule has 0 bridgehead atoms. The number of nitriles is 1. The minimum atomic E-state index is -0.515. The maximum Gasteiger partial charge on any atom is 0.161 e. The zero-order valence-corrected chi connectivity index (χ0v) is 12.0. The van der Waals surface area contributed by atoms with Crippen LogP contribution in [0, 0.1) is 11.3 Å². The lowest BCUT2D eigenvalue weighted by molar-refractivity contribution is 0.355. The molecular weight excluding hydrogens is 264 g/mol. The molecular formula is C17H16N2O2. The number of rotatable bonds is 5. The minimum absolute atomic E-state index is 0.515. The Morgan fingerprint density at radius 3 is 2.38 bits per heavy atom. The molecule has 0 unspecified atom stereocenters. The van der Waals surface area contributed by atoms with Crippen molar-refractivity contribution in [1.82, 2.24) is 0 Å². The summed E-state index contributed by atoms with van der Waals surface area (Å²) >= 11 is 0. The average molecular weight is 280 g/mol. The zero-order valence-electron chi connectivity index (χ0n) is 12.0. The number of aliphatic imine (C=N–C) groups is 1. The van der Waals surface area contributed by atoms with E-state index in [1.807, 2.05) is 48.5 Å². The van der Waals surface area contributed by atoms with Gasteiger partial charge in [-0.1, -0.05) is 30.3 Å². The predicted molar refractivity (Wildman–Crippen MR) is 81.9 cm³/mol. The molecule has 0 amide bonds. The highest BCUT2D eigenvalue weighted by molar-refractivity contribution is 5.81. The first-order valence-corrected chi connectivity index (χ1v) is 6.48. The van der Waals surface area contributed by atoms with Gasteiger partial charge in [-0.3, -0.25) is 4.99 Å². The Morgan fingerprint density at radius 1 is 1.05 bits per heavy atom. The SMILES string of the molecule is COc1ccc(C=N[C@H](C#N)c2ccccc2)cc1OC. The predicted octanol–water partition coefficient (Wildman–Crippen LogP) is 3.39. The summed E-state index contributed by atoms with van der Waals surface area (Å²) in [7, 11) is 3.17. The number of ether oxygens (including phenoxy) is 2. The summed E-state index contributed by atoms with van der Waals surface area (Å²) in [6.45, 7) is 0. The van der Waals surface area contributed by atoms with Crippen LogP contribution < -0.4 is 9.47 Å². The van der Waals surface area contributed by atoms with Crippen LogP contribution in [0.4, 0.5) is 0 Å². The lowest BCUT2D eigenvalue weighted by atomic mass is 10.1. The fourth-order valence-corrected chi connectivity index (χ4v) is 1.92. The highest BCUT2D eigenvalue weighted by Crippen LogP contribution is 2.27. The summed E-state index contributed by atoms with van der Waals surface area (Å²) in [6, 6.07) is 16.6. The van der Waals surface area contributed by atoms with E-state index < -0.39 is 6.04 Å². The molecule has 0 aliphatic carbocycles. The molecule has 21 heavy (non-hydrogen) atoms. The van der Waals surface area contributed by atoms with Gasteiger partial charge in [-0.05, 0) is 29.3 Å². The first kappa shape index (κ1) is 14.6. The normalized spacial score (nSPS) is 11.9. The Balaban J connectivity index is 2.22. The van der Waals surface area contributed by atoms with Crippen molar-refractivity contribution in [3.05, 3.63) is 59.7 Å². The number of nitrogens with zero attached hydrogens (tertiary/aromatic N) is 2. The van der Waals surface area contributed by atoms with E-state index in [9.17, 15) is 5.26 Å². The Kier molecular flexibility index (Phi) is 4.94. The third-order valence-corrected chi connectivity index (χ3v) is 3.02. The molecule has 0 N–H and O–H groups in total. The summed E-state index contributed by atoms with van der Waals surface area (Å²) in [5.74, 6) is 1.30. The van der Waals surface area contributed by atoms with E-state index in [-0.39, 0.29) is 0 Å². The van der Waals surface area contributed by atoms with E-state index in [0.29, 0.717) is 11.5 Å². The molecule has 2 aromatic carbocycles. The van der Waals surface area contributed by atoms with Crippen LogP contribution in [0.5, 0.6) is 11.5 Å². The largest absolute Gasteiger partial charge is 0.493 e. The molecule has 0 saturated carbocycles. The summed E-state index contributed by atoms with van der Waals surface area (Å²) in [6.07, 6.45) is 1.67. The van der Waals surface area contributed by atoms with Gasteiger partial charge in [-0.25, -0.2) is 0 Å². The summed E-state index contributed by atoms with van der Waals surface area (Å²) < 4.78 is 10.4. The molecule has 0 fully saturated rings. The van der Waals surface area contributed by atoms with Crippen molar-refractivity contribution in [2.24, 2.45) is 4.99 Å². The van der Waals surface area contributed by atoms with Crippen LogP contribution >= 0.6 is 0 Å². The van der Waals surface area contributed by atoms with Gasteiger partial charge in [0.1, 0.15) is 0 Å². The molecule has 0 radical (unpaired) electrons. The van der Waals surface area contributed by atoms with Crippen LogP contribution in [0.15, 0.2) is 53.5 Å². The van der Waals surface area contributed by atoms with Crippen molar-refractivity contribution in [2.75, 3.05) is 14.2 Å². The van der Waals surface area contributed by atoms with Crippen LogP contribution in [-0.2, 0) is 0 Å². The Morgan fingerprint density at radius 2 is 1.76 bits per heavy atom. The molecule has 2 rings (SSSR count). The van der Waals surface area contributed by atoms with Gasteiger partial charge in [0.25, 0.3) is 0 Å². The second-order valence-electron chi connectivity index (χ2n) is 4.33. The van der Waals surface area contributed by atoms with Crippen molar-refractivity contribution in [1.29, 1.82) is 5.26 Å². The average Bonchev–Trinajstić information content (AvgIpc) is 2.56. The minimum Gasteiger partial charge on any atom is -0.493 e. The van der Waals surface area contributed by atoms with Gasteiger partial charge in [0.2, 0.25) is 0 Å². The van der Waals surface area contributed by atoms with Gasteiger partial charge in [-0.2, -0.15) is 5.26 Å². The third kappa shape index (κ3) is 3.61. The number of hydrogen-bond acceptors (Lipinski definition) is 4. The summed E-state index contributed by atoms with van der Waals surface area (Å²) in [4.78, 5) is 4.33. The van der Waals surface area contributed by atoms with E-state index in [2.05, 4.69) is 11.1 Å². The molecule has 0 heterocycles. The van der Waals surface area contributed by atoms with Gasteiger partial charge >= 0.3 is 0 Å². The molecule has 0 aliphatic heterocycles. The fraction of sp³-hybridized carbons (Fsp3) is 0.176. The van der Waals surface area contributed by atoms with E-state index in [0.717, 1.165) is 11.1 Å². The van der Waals surface area contributed by atoms with Gasteiger partial charge in [0, 0.05) is 6.21 Å². The zero-order chi connectivity index (χ0) is 15.1. The Hall–Kier alpha value is -2.80. The van der Waals surface area contributed by atoms with Crippen molar-refractivity contribution >= 4 is 6.21 Å². The molecule has 4 nitrogen and oxygen atoms in total. The van der Waals surface area contributed by atoms with Crippen molar-refractivity contribution < 1.29 is 9.47 Å². The molecule has 1 atom stereocenters. The van der Waals surface area contributed by atoms with Crippen molar-refractivity contribution in [3.8, 4) is 17.6 Å². The van der Waals surface area contributed by atoms with Crippen LogP contribution in [0.25, 0.3) is 0 Å². The van der Waals surface area contributed by atoms with Crippen LogP contribution in [0.1, 0.15) is 17.2 Å². The maximum absolute atomic E-state index is 9.23. The Bertz CT molecular complexity index is 660. The lowest BCUT2D eigenvalue weighted by Gasteiger charge is -2.08. The van der Waals surface area contributed by atoms with Gasteiger partial charge in [0.15, 0.2) is 17.5 Å². The highest BCUT2D eigenvalue weighted by atomic mass is 16.5. The van der Waals surface area contributed by atoms with E-state index in [4.69, 9.17) is 9.47 Å². The third-order valence-electron chi connectivity index (χ3n) is 3.02. The molecule has 4 heteroatoms. The second-order valence-corrected chi connectivity index (χ2v) is 4.33. The molecule has 0 spiro atoms. The van der Waals surface area contributed by atoms with E-state index in [1.165, 1.54) is 0 Å². The molecule has 0 saturated heterocycles. The van der Waals surface area contributed by atoms with Gasteiger partial charge in [0.05, 0.1) is 20.3 Å². The maximum atomic E-state index is 9.23. The molecule has 0 aromatic heterocycles. The first-order valence-electron chi connectivity index (χ1n) is 6.48. The highest BCUT2D eigenvalue weighted by Gasteiger charge is 2.07. The molecule has 106 valence electrons. The van der Waals surface area contributed by atoms with Gasteiger partial charge in [-0.15, -0.1) is 0 Å². The van der Waals surface area contributed by atoms with Crippen LogP contribution in [-0.4, -0.2) is 20.4 Å². The number of hydrogen-bond donors (Lipinski definition) is 0. The van der Waals surface area contributed by atoms with E-state index in [1.54, 1.807) is 20.4 Å². The van der Waals surface area contributed by atoms with Crippen LogP contribution in [0.2, 0.25) is 0 Å². The lowest BCUT2D eigenvalue weighted by Crippen LogP contribution is -1.95. The summed E-state index contributed by atoms with van der Waals surface area (Å²) in [5.41, 5.74) is 1.72. The quantitative estimate of drug-likeness (QED) is 0.789. The summed E-state index contributed by atoms with van der Waals surface area (Å²) in [5, 5.41) is 9.23. The standard InChI is InChI=1S/C17H16N2O2/c1-20-16-9-8-13(10-17(16)21-2)12-19-15(11-18)14-6-4-3-5-7-14/h3-10,12,15H,1-2H3/t15-/m1/s1. The Labute approximate surface area is 124 Å². The second kappa shape index (κ2) is 7.11. The number of benzene rings is 2. The molecule has 2 aromatic rings. The van der Waals surface area contributed by atoms with Crippen LogP contribution in [0.3, 0.4) is 0 Å². The van der Waals surface area contributed by atoms with Gasteiger partial charge < -0.3 is 9.47 Å². The van der Waals surface area contributed by atoms with E-state index >= 15 is 0 Å². The number of methoxy groups -OCH3 is 2. The topological polar surface area (TPSA) is 54.6 Å². The van der Waals surface area contributed by atoms with Crippen molar-refractivity contribution in [3.63, 3.8) is 0 Å². The smallest absolute Gasteiger partial charge is 0.161 e. The first-order chi connectivity index (χ1) is 10.3. The molecule has 0 aliphatic rings. The monoisotopic (exact) mass is 280 g/mol. The fourth-order valence-electron chi connectivity index (χ4n) is 1.92.